The molecule has 0 rings (SSSR count). The predicted molar refractivity (Wildman–Crippen MR) is 68.5 cm³/mol. The van der Waals surface area contributed by atoms with Crippen molar-refractivity contribution in [2.45, 2.75) is 45.2 Å². The Morgan fingerprint density at radius 1 is 1.26 bits per heavy atom. The minimum absolute atomic E-state index is 0.101. The first kappa shape index (κ1) is 17.2. The maximum Gasteiger partial charge on any atom is 0.328 e. The zero-order valence-corrected chi connectivity index (χ0v) is 11.6. The third-order valence-electron chi connectivity index (χ3n) is 2.56. The molecule has 2 unspecified atom stereocenters. The van der Waals surface area contributed by atoms with Gasteiger partial charge in [0.05, 0.1) is 13.2 Å². The summed E-state index contributed by atoms with van der Waals surface area (Å²) >= 11 is 0. The molecule has 0 aromatic heterocycles. The van der Waals surface area contributed by atoms with Crippen LogP contribution in [0.2, 0.25) is 0 Å². The van der Waals surface area contributed by atoms with Gasteiger partial charge in [-0.05, 0) is 12.8 Å². The summed E-state index contributed by atoms with van der Waals surface area (Å²) in [6.45, 7) is 4.19. The molecule has 0 spiro atoms. The van der Waals surface area contributed by atoms with E-state index in [-0.39, 0.29) is 12.6 Å². The van der Waals surface area contributed by atoms with Crippen LogP contribution >= 0.6 is 0 Å². The van der Waals surface area contributed by atoms with Crippen LogP contribution in [0, 0.1) is 0 Å². The van der Waals surface area contributed by atoms with Gasteiger partial charge in [0, 0.05) is 0 Å². The van der Waals surface area contributed by atoms with E-state index in [9.17, 15) is 14.4 Å². The number of urea groups is 1. The topological polar surface area (TPSA) is 93.7 Å². The van der Waals surface area contributed by atoms with Crippen molar-refractivity contribution >= 4 is 18.5 Å². The second-order valence-corrected chi connectivity index (χ2v) is 4.02. The third kappa shape index (κ3) is 7.28. The van der Waals surface area contributed by atoms with E-state index in [1.54, 1.807) is 0 Å². The van der Waals surface area contributed by atoms with Gasteiger partial charge in [0.25, 0.3) is 6.47 Å². The van der Waals surface area contributed by atoms with Gasteiger partial charge in [0.1, 0.15) is 12.6 Å². The maximum absolute atomic E-state index is 11.7. The summed E-state index contributed by atoms with van der Waals surface area (Å²) in [5.74, 6) is -0.478. The highest BCUT2D eigenvalue weighted by molar-refractivity contribution is 5.83. The summed E-state index contributed by atoms with van der Waals surface area (Å²) in [6.07, 6.45) is 1.85. The van der Waals surface area contributed by atoms with Crippen LogP contribution < -0.4 is 10.6 Å². The Kier molecular flexibility index (Phi) is 9.20. The quantitative estimate of drug-likeness (QED) is 0.474. The highest BCUT2D eigenvalue weighted by Crippen LogP contribution is 1.99. The lowest BCUT2D eigenvalue weighted by Crippen LogP contribution is -2.50. The maximum atomic E-state index is 11.7. The first-order valence-corrected chi connectivity index (χ1v) is 6.29. The van der Waals surface area contributed by atoms with Crippen LogP contribution in [0.4, 0.5) is 4.79 Å². The molecular formula is C12H22N2O5. The number of hydrogen-bond donors (Lipinski definition) is 2. The molecule has 0 aliphatic heterocycles. The molecule has 0 fully saturated rings. The minimum Gasteiger partial charge on any atom is -0.467 e. The van der Waals surface area contributed by atoms with Crippen LogP contribution in [-0.4, -0.2) is 44.3 Å². The summed E-state index contributed by atoms with van der Waals surface area (Å²) in [6, 6.07) is -1.44. The van der Waals surface area contributed by atoms with Crippen LogP contribution in [0.15, 0.2) is 0 Å². The largest absolute Gasteiger partial charge is 0.467 e. The number of methoxy groups -OCH3 is 1. The van der Waals surface area contributed by atoms with Crippen LogP contribution in [0.3, 0.4) is 0 Å². The van der Waals surface area contributed by atoms with Gasteiger partial charge in [0.2, 0.25) is 0 Å². The Labute approximate surface area is 113 Å². The molecule has 0 aromatic rings. The monoisotopic (exact) mass is 274 g/mol. The molecule has 19 heavy (non-hydrogen) atoms. The lowest BCUT2D eigenvalue weighted by molar-refractivity contribution is -0.143. The Bertz CT molecular complexity index is 296. The van der Waals surface area contributed by atoms with Crippen LogP contribution in [0.25, 0.3) is 0 Å². The molecule has 2 amide bonds. The van der Waals surface area contributed by atoms with Gasteiger partial charge in [-0.3, -0.25) is 4.79 Å². The SMILES string of the molecule is CCCC(NC(=O)NC(CC)COC=O)C(=O)OC. The molecule has 0 bridgehead atoms. The van der Waals surface area contributed by atoms with Crippen molar-refractivity contribution in [3.8, 4) is 0 Å². The van der Waals surface area contributed by atoms with Crippen molar-refractivity contribution < 1.29 is 23.9 Å². The Hall–Kier alpha value is -1.79. The molecule has 2 N–H and O–H groups in total. The number of rotatable bonds is 9. The molecule has 0 radical (unpaired) electrons. The van der Waals surface area contributed by atoms with Crippen molar-refractivity contribution in [1.82, 2.24) is 10.6 Å². The molecule has 0 saturated carbocycles. The average Bonchev–Trinajstić information content (AvgIpc) is 2.41. The van der Waals surface area contributed by atoms with E-state index >= 15 is 0 Å². The zero-order chi connectivity index (χ0) is 14.7. The van der Waals surface area contributed by atoms with Crippen molar-refractivity contribution in [2.75, 3.05) is 13.7 Å². The number of hydrogen-bond acceptors (Lipinski definition) is 5. The lowest BCUT2D eigenvalue weighted by atomic mass is 10.2. The van der Waals surface area contributed by atoms with Gasteiger partial charge in [-0.2, -0.15) is 0 Å². The van der Waals surface area contributed by atoms with E-state index in [0.29, 0.717) is 19.3 Å². The average molecular weight is 274 g/mol. The van der Waals surface area contributed by atoms with E-state index < -0.39 is 18.0 Å². The third-order valence-corrected chi connectivity index (χ3v) is 2.56. The van der Waals surface area contributed by atoms with Crippen LogP contribution in [-0.2, 0) is 19.1 Å². The normalized spacial score (nSPS) is 13.0. The number of carbonyl (C=O) groups excluding carboxylic acids is 3. The van der Waals surface area contributed by atoms with E-state index in [0.717, 1.165) is 6.42 Å². The molecule has 0 heterocycles. The van der Waals surface area contributed by atoms with Gasteiger partial charge in [0.15, 0.2) is 0 Å². The highest BCUT2D eigenvalue weighted by atomic mass is 16.5. The Balaban J connectivity index is 4.30. The van der Waals surface area contributed by atoms with Crippen LogP contribution in [0.5, 0.6) is 0 Å². The summed E-state index contributed by atoms with van der Waals surface area (Å²) in [7, 11) is 1.28. The van der Waals surface area contributed by atoms with Crippen molar-refractivity contribution in [3.63, 3.8) is 0 Å². The van der Waals surface area contributed by atoms with Crippen molar-refractivity contribution in [2.24, 2.45) is 0 Å². The standard InChI is InChI=1S/C12H22N2O5/c1-4-6-10(11(16)18-3)14-12(17)13-9(5-2)7-19-8-15/h8-10H,4-7H2,1-3H3,(H2,13,14,17). The number of nitrogens with one attached hydrogen (secondary N) is 2. The van der Waals surface area contributed by atoms with Gasteiger partial charge in [-0.15, -0.1) is 0 Å². The summed E-state index contributed by atoms with van der Waals surface area (Å²) < 4.78 is 9.20. The molecule has 0 saturated heterocycles. The molecule has 0 aromatic carbocycles. The first-order chi connectivity index (χ1) is 9.08. The first-order valence-electron chi connectivity index (χ1n) is 6.29. The van der Waals surface area contributed by atoms with Gasteiger partial charge in [-0.25, -0.2) is 9.59 Å². The molecule has 2 atom stereocenters. The second kappa shape index (κ2) is 10.2. The molecule has 0 aliphatic rings. The van der Waals surface area contributed by atoms with Crippen LogP contribution in [0.1, 0.15) is 33.1 Å². The fraction of sp³-hybridized carbons (Fsp3) is 0.750. The zero-order valence-electron chi connectivity index (χ0n) is 11.6. The lowest BCUT2D eigenvalue weighted by Gasteiger charge is -2.20. The smallest absolute Gasteiger partial charge is 0.328 e. The summed E-state index contributed by atoms with van der Waals surface area (Å²) in [5.41, 5.74) is 0. The molecule has 7 nitrogen and oxygen atoms in total. The van der Waals surface area contributed by atoms with E-state index in [1.807, 2.05) is 13.8 Å². The minimum atomic E-state index is -0.667. The van der Waals surface area contributed by atoms with E-state index in [1.165, 1.54) is 7.11 Å². The van der Waals surface area contributed by atoms with Crippen molar-refractivity contribution in [1.29, 1.82) is 0 Å². The fourth-order valence-electron chi connectivity index (χ4n) is 1.48. The number of esters is 1. The van der Waals surface area contributed by atoms with E-state index in [2.05, 4.69) is 20.1 Å². The van der Waals surface area contributed by atoms with Gasteiger partial charge < -0.3 is 20.1 Å². The number of amides is 2. The van der Waals surface area contributed by atoms with Crippen molar-refractivity contribution in [3.05, 3.63) is 0 Å². The highest BCUT2D eigenvalue weighted by Gasteiger charge is 2.21. The van der Waals surface area contributed by atoms with E-state index in [4.69, 9.17) is 0 Å². The summed E-state index contributed by atoms with van der Waals surface area (Å²) in [5, 5.41) is 5.17. The Morgan fingerprint density at radius 3 is 2.42 bits per heavy atom. The number of ether oxygens (including phenoxy) is 2. The predicted octanol–water partition coefficient (Wildman–Crippen LogP) is 0.579. The summed E-state index contributed by atoms with van der Waals surface area (Å²) in [4.78, 5) is 33.2. The van der Waals surface area contributed by atoms with Gasteiger partial charge in [-0.1, -0.05) is 20.3 Å². The molecule has 110 valence electrons. The molecule has 0 aliphatic carbocycles. The fourth-order valence-corrected chi connectivity index (χ4v) is 1.48. The number of carbonyl (C=O) groups is 3. The molecular weight excluding hydrogens is 252 g/mol. The van der Waals surface area contributed by atoms with Gasteiger partial charge >= 0.3 is 12.0 Å². The molecule has 7 heteroatoms. The Morgan fingerprint density at radius 2 is 1.95 bits per heavy atom. The second-order valence-electron chi connectivity index (χ2n) is 4.02.